The van der Waals surface area contributed by atoms with Crippen molar-refractivity contribution in [1.29, 1.82) is 0 Å². The molecule has 0 spiro atoms. The second kappa shape index (κ2) is 11.1. The van der Waals surface area contributed by atoms with Gasteiger partial charge in [0, 0.05) is 17.1 Å². The molecule has 0 saturated heterocycles. The van der Waals surface area contributed by atoms with Gasteiger partial charge < -0.3 is 4.74 Å². The van der Waals surface area contributed by atoms with Crippen molar-refractivity contribution < 1.29 is 4.74 Å². The fourth-order valence-electron chi connectivity index (χ4n) is 3.71. The maximum atomic E-state index is 13.2. The van der Waals surface area contributed by atoms with Crippen LogP contribution in [0, 0.1) is 0 Å². The van der Waals surface area contributed by atoms with Gasteiger partial charge in [-0.05, 0) is 61.4 Å². The second-order valence-corrected chi connectivity index (χ2v) is 8.98. The molecule has 0 unspecified atom stereocenters. The normalized spacial score (nSPS) is 11.1. The van der Waals surface area contributed by atoms with E-state index in [0.717, 1.165) is 31.2 Å². The highest BCUT2D eigenvalue weighted by atomic mass is 35.5. The highest BCUT2D eigenvalue weighted by molar-refractivity contribution is 6.37. The summed E-state index contributed by atoms with van der Waals surface area (Å²) >= 11 is 18.3. The van der Waals surface area contributed by atoms with Gasteiger partial charge in [0.15, 0.2) is 5.75 Å². The molecule has 0 radical (unpaired) electrons. The lowest BCUT2D eigenvalue weighted by atomic mass is 10.1. The van der Waals surface area contributed by atoms with Gasteiger partial charge in [0.25, 0.3) is 5.56 Å². The van der Waals surface area contributed by atoms with Gasteiger partial charge in [-0.1, -0.05) is 65.8 Å². The van der Waals surface area contributed by atoms with E-state index in [1.807, 2.05) is 48.5 Å². The van der Waals surface area contributed by atoms with E-state index in [-0.39, 0.29) is 5.56 Å². The van der Waals surface area contributed by atoms with Crippen molar-refractivity contribution in [3.05, 3.63) is 92.2 Å². The number of hydrogen-bond acceptors (Lipinski definition) is 3. The fraction of sp³-hybridized carbons (Fsp3) is 0.231. The summed E-state index contributed by atoms with van der Waals surface area (Å²) < 4.78 is 7.52. The maximum absolute atomic E-state index is 13.2. The quantitative estimate of drug-likeness (QED) is 0.221. The van der Waals surface area contributed by atoms with Crippen LogP contribution in [0.15, 0.2) is 71.5 Å². The number of nitrogens with zero attached hydrogens (tertiary/aromatic N) is 2. The van der Waals surface area contributed by atoms with Crippen LogP contribution >= 0.6 is 34.8 Å². The summed E-state index contributed by atoms with van der Waals surface area (Å²) in [5, 5.41) is 2.30. The minimum Gasteiger partial charge on any atom is -0.490 e. The number of hydrogen-bond donors (Lipinski definition) is 0. The number of fused-ring (bicyclic) bond motifs is 1. The van der Waals surface area contributed by atoms with Gasteiger partial charge in [0.1, 0.15) is 5.82 Å². The zero-order chi connectivity index (χ0) is 23.2. The van der Waals surface area contributed by atoms with E-state index in [1.165, 1.54) is 0 Å². The van der Waals surface area contributed by atoms with E-state index in [4.69, 9.17) is 44.5 Å². The Bertz CT molecular complexity index is 1280. The molecule has 1 aromatic heterocycles. The molecule has 0 fully saturated rings. The topological polar surface area (TPSA) is 44.1 Å². The van der Waals surface area contributed by atoms with Gasteiger partial charge in [-0.3, -0.25) is 9.36 Å². The Morgan fingerprint density at radius 3 is 2.24 bits per heavy atom. The Kier molecular flexibility index (Phi) is 7.92. The molecule has 0 N–H and O–H groups in total. The van der Waals surface area contributed by atoms with Gasteiger partial charge >= 0.3 is 0 Å². The van der Waals surface area contributed by atoms with Crippen LogP contribution in [0.2, 0.25) is 15.1 Å². The number of para-hydroxylation sites is 2. The lowest BCUT2D eigenvalue weighted by molar-refractivity contribution is 0.304. The Labute approximate surface area is 207 Å². The van der Waals surface area contributed by atoms with Crippen molar-refractivity contribution in [1.82, 2.24) is 9.55 Å². The second-order valence-electron chi connectivity index (χ2n) is 7.73. The third-order valence-corrected chi connectivity index (χ3v) is 6.25. The fourth-order valence-corrected chi connectivity index (χ4v) is 4.35. The summed E-state index contributed by atoms with van der Waals surface area (Å²) in [6.07, 6.45) is 3.65. The molecule has 0 aliphatic heterocycles. The molecule has 0 amide bonds. The van der Waals surface area contributed by atoms with Crippen molar-refractivity contribution >= 4 is 45.7 Å². The van der Waals surface area contributed by atoms with Crippen molar-refractivity contribution in [2.24, 2.45) is 0 Å². The molecule has 170 valence electrons. The van der Waals surface area contributed by atoms with Crippen LogP contribution in [0.4, 0.5) is 0 Å². The number of halogens is 3. The van der Waals surface area contributed by atoms with Crippen LogP contribution in [0.25, 0.3) is 22.3 Å². The molecule has 4 aromatic rings. The van der Waals surface area contributed by atoms with Crippen LogP contribution < -0.4 is 10.3 Å². The van der Waals surface area contributed by atoms with Crippen LogP contribution in [0.3, 0.4) is 0 Å². The molecule has 4 rings (SSSR count). The van der Waals surface area contributed by atoms with Gasteiger partial charge in [0.05, 0.1) is 27.6 Å². The molecule has 0 atom stereocenters. The summed E-state index contributed by atoms with van der Waals surface area (Å²) in [5.74, 6) is 1.19. The molecule has 4 nitrogen and oxygen atoms in total. The Morgan fingerprint density at radius 1 is 0.788 bits per heavy atom. The first-order chi connectivity index (χ1) is 16.0. The van der Waals surface area contributed by atoms with E-state index in [1.54, 1.807) is 22.8 Å². The lowest BCUT2D eigenvalue weighted by Gasteiger charge is -2.14. The molecule has 7 heteroatoms. The Hall–Kier alpha value is -2.53. The SMILES string of the molecule is O=c1c2ccccc2nc(-c2ccc(Cl)cc2)n1CCCCCCOc1c(Cl)cccc1Cl. The Balaban J connectivity index is 1.40. The van der Waals surface area contributed by atoms with Gasteiger partial charge in [-0.2, -0.15) is 0 Å². The van der Waals surface area contributed by atoms with E-state index in [0.29, 0.717) is 50.7 Å². The summed E-state index contributed by atoms with van der Waals surface area (Å²) in [6.45, 7) is 1.13. The molecular weight excluding hydrogens is 479 g/mol. The van der Waals surface area contributed by atoms with Crippen molar-refractivity contribution in [2.75, 3.05) is 6.61 Å². The molecule has 3 aromatic carbocycles. The van der Waals surface area contributed by atoms with Crippen LogP contribution in [0.1, 0.15) is 25.7 Å². The zero-order valence-electron chi connectivity index (χ0n) is 17.9. The minimum absolute atomic E-state index is 0.0257. The highest BCUT2D eigenvalue weighted by Gasteiger charge is 2.13. The average Bonchev–Trinajstić information content (AvgIpc) is 2.81. The largest absolute Gasteiger partial charge is 0.490 e. The third-order valence-electron chi connectivity index (χ3n) is 5.41. The molecule has 0 bridgehead atoms. The number of rotatable bonds is 9. The summed E-state index contributed by atoms with van der Waals surface area (Å²) in [4.78, 5) is 18.0. The van der Waals surface area contributed by atoms with Crippen molar-refractivity contribution in [2.45, 2.75) is 32.2 Å². The van der Waals surface area contributed by atoms with Crippen LogP contribution in [-0.2, 0) is 6.54 Å². The number of ether oxygens (including phenoxy) is 1. The van der Waals surface area contributed by atoms with Crippen LogP contribution in [-0.4, -0.2) is 16.2 Å². The summed E-state index contributed by atoms with van der Waals surface area (Å²) in [5.41, 5.74) is 1.54. The molecule has 33 heavy (non-hydrogen) atoms. The predicted octanol–water partition coefficient (Wildman–Crippen LogP) is 7.66. The summed E-state index contributed by atoms with van der Waals surface area (Å²) in [7, 11) is 0. The van der Waals surface area contributed by atoms with Crippen molar-refractivity contribution in [3.8, 4) is 17.1 Å². The van der Waals surface area contributed by atoms with Gasteiger partial charge in [-0.15, -0.1) is 0 Å². The first kappa shape index (κ1) is 23.6. The van der Waals surface area contributed by atoms with Gasteiger partial charge in [0.2, 0.25) is 0 Å². The highest BCUT2D eigenvalue weighted by Crippen LogP contribution is 2.32. The number of benzene rings is 3. The Morgan fingerprint density at radius 2 is 1.48 bits per heavy atom. The first-order valence-electron chi connectivity index (χ1n) is 10.9. The molecular formula is C26H23Cl3N2O2. The monoisotopic (exact) mass is 500 g/mol. The maximum Gasteiger partial charge on any atom is 0.261 e. The first-order valence-corrected chi connectivity index (χ1v) is 12.0. The predicted molar refractivity (Wildman–Crippen MR) is 137 cm³/mol. The summed E-state index contributed by atoms with van der Waals surface area (Å²) in [6, 6.07) is 20.2. The third kappa shape index (κ3) is 5.70. The molecule has 0 aliphatic rings. The van der Waals surface area contributed by atoms with E-state index in [9.17, 15) is 4.79 Å². The minimum atomic E-state index is -0.0257. The smallest absolute Gasteiger partial charge is 0.261 e. The van der Waals surface area contributed by atoms with Gasteiger partial charge in [-0.25, -0.2) is 4.98 Å². The van der Waals surface area contributed by atoms with E-state index < -0.39 is 0 Å². The number of unbranched alkanes of at least 4 members (excludes halogenated alkanes) is 3. The standard InChI is InChI=1S/C26H23Cl3N2O2/c27-19-14-12-18(13-15-19)25-30-23-11-4-3-8-20(23)26(32)31(25)16-5-1-2-6-17-33-24-21(28)9-7-10-22(24)29/h3-4,7-15H,1-2,5-6,16-17H2. The zero-order valence-corrected chi connectivity index (χ0v) is 20.2. The number of aromatic nitrogens is 2. The lowest BCUT2D eigenvalue weighted by Crippen LogP contribution is -2.23. The molecule has 0 saturated carbocycles. The van der Waals surface area contributed by atoms with Crippen LogP contribution in [0.5, 0.6) is 5.75 Å². The molecule has 1 heterocycles. The van der Waals surface area contributed by atoms with Crippen molar-refractivity contribution in [3.63, 3.8) is 0 Å². The van der Waals surface area contributed by atoms with E-state index >= 15 is 0 Å². The average molecular weight is 502 g/mol. The van der Waals surface area contributed by atoms with E-state index in [2.05, 4.69) is 0 Å². The molecule has 0 aliphatic carbocycles.